The van der Waals surface area contributed by atoms with Crippen molar-refractivity contribution < 1.29 is 9.37 Å². The number of hydrogen-bond acceptors (Lipinski definition) is 9. The molecule has 2 aliphatic heterocycles. The van der Waals surface area contributed by atoms with Gasteiger partial charge in [-0.3, -0.25) is 4.68 Å². The molecule has 2 fully saturated rings. The summed E-state index contributed by atoms with van der Waals surface area (Å²) in [6.45, 7) is 4.83. The molecule has 1 unspecified atom stereocenters. The third-order valence-corrected chi connectivity index (χ3v) is 5.54. The fourth-order valence-corrected chi connectivity index (χ4v) is 4.09. The zero-order valence-corrected chi connectivity index (χ0v) is 15.8. The number of aryl methyl sites for hydroxylation is 1. The van der Waals surface area contributed by atoms with E-state index in [0.717, 1.165) is 57.1 Å². The van der Waals surface area contributed by atoms with E-state index in [4.69, 9.17) is 19.3 Å². The van der Waals surface area contributed by atoms with Crippen LogP contribution in [-0.2, 0) is 11.3 Å². The fourth-order valence-electron chi connectivity index (χ4n) is 4.09. The molecule has 5 heterocycles. The highest BCUT2D eigenvalue weighted by atomic mass is 16.6. The maximum Gasteiger partial charge on any atom is 0.245 e. The van der Waals surface area contributed by atoms with Crippen LogP contribution >= 0.6 is 0 Å². The average molecular weight is 384 g/mol. The van der Waals surface area contributed by atoms with Crippen LogP contribution in [0.5, 0.6) is 0 Å². The molecule has 0 radical (unpaired) electrons. The maximum atomic E-state index is 5.52. The Bertz CT molecular complexity index is 906. The van der Waals surface area contributed by atoms with E-state index in [1.54, 1.807) is 0 Å². The van der Waals surface area contributed by atoms with Crippen LogP contribution in [0, 0.1) is 0 Å². The van der Waals surface area contributed by atoms with Gasteiger partial charge < -0.3 is 14.5 Å². The highest BCUT2D eigenvalue weighted by molar-refractivity contribution is 5.75. The van der Waals surface area contributed by atoms with Crippen molar-refractivity contribution in [2.24, 2.45) is 0 Å². The summed E-state index contributed by atoms with van der Waals surface area (Å²) in [7, 11) is 0. The topological polar surface area (TPSA) is 98.2 Å². The lowest BCUT2D eigenvalue weighted by Gasteiger charge is -2.39. The third-order valence-electron chi connectivity index (χ3n) is 5.54. The van der Waals surface area contributed by atoms with Crippen LogP contribution in [0.15, 0.2) is 23.1 Å². The van der Waals surface area contributed by atoms with Crippen molar-refractivity contribution in [3.05, 3.63) is 18.5 Å². The molecule has 1 atom stereocenters. The lowest BCUT2D eigenvalue weighted by molar-refractivity contribution is 0.122. The Morgan fingerprint density at radius 1 is 1.00 bits per heavy atom. The van der Waals surface area contributed by atoms with Gasteiger partial charge in [0.25, 0.3) is 0 Å². The molecule has 0 amide bonds. The maximum absolute atomic E-state index is 5.52. The Labute approximate surface area is 162 Å². The van der Waals surface area contributed by atoms with Gasteiger partial charge in [0.2, 0.25) is 11.3 Å². The van der Waals surface area contributed by atoms with Gasteiger partial charge in [-0.1, -0.05) is 0 Å². The molecule has 0 spiro atoms. The zero-order valence-electron chi connectivity index (χ0n) is 15.8. The first kappa shape index (κ1) is 17.4. The van der Waals surface area contributed by atoms with Crippen LogP contribution in [0.3, 0.4) is 0 Å². The number of fused-ring (bicyclic) bond motifs is 1. The Morgan fingerprint density at radius 2 is 1.82 bits per heavy atom. The molecule has 3 aromatic rings. The molecule has 10 nitrogen and oxygen atoms in total. The molecule has 10 heteroatoms. The average Bonchev–Trinajstić information content (AvgIpc) is 3.43. The predicted molar refractivity (Wildman–Crippen MR) is 102 cm³/mol. The number of nitrogens with zero attached hydrogens (tertiary/aromatic N) is 8. The second-order valence-electron chi connectivity index (χ2n) is 7.28. The Morgan fingerprint density at radius 3 is 2.61 bits per heavy atom. The largest absolute Gasteiger partial charge is 0.378 e. The highest BCUT2D eigenvalue weighted by Gasteiger charge is 2.30. The number of rotatable bonds is 5. The van der Waals surface area contributed by atoms with Gasteiger partial charge in [-0.15, -0.1) is 0 Å². The molecule has 0 bridgehead atoms. The van der Waals surface area contributed by atoms with E-state index in [0.29, 0.717) is 30.5 Å². The number of piperidine rings is 1. The summed E-state index contributed by atoms with van der Waals surface area (Å²) in [6, 6.07) is 2.36. The molecule has 148 valence electrons. The molecule has 2 aliphatic rings. The van der Waals surface area contributed by atoms with Gasteiger partial charge in [-0.2, -0.15) is 5.10 Å². The lowest BCUT2D eigenvalue weighted by atomic mass is 9.99. The van der Waals surface area contributed by atoms with Gasteiger partial charge in [0.1, 0.15) is 0 Å². The van der Waals surface area contributed by atoms with E-state index in [1.165, 1.54) is 6.42 Å². The molecule has 0 aromatic carbocycles. The first-order valence-electron chi connectivity index (χ1n) is 9.95. The van der Waals surface area contributed by atoms with Crippen LogP contribution in [0.25, 0.3) is 11.3 Å². The molecular weight excluding hydrogens is 360 g/mol. The van der Waals surface area contributed by atoms with Crippen molar-refractivity contribution in [3.8, 4) is 0 Å². The molecule has 3 aromatic heterocycles. The number of hydrogen-bond donors (Lipinski definition) is 0. The van der Waals surface area contributed by atoms with Crippen molar-refractivity contribution in [3.63, 3.8) is 0 Å². The van der Waals surface area contributed by atoms with E-state index < -0.39 is 0 Å². The quantitative estimate of drug-likeness (QED) is 0.648. The monoisotopic (exact) mass is 384 g/mol. The van der Waals surface area contributed by atoms with Crippen molar-refractivity contribution >= 4 is 22.9 Å². The van der Waals surface area contributed by atoms with Crippen LogP contribution in [0.1, 0.15) is 25.7 Å². The smallest absolute Gasteiger partial charge is 0.245 e. The van der Waals surface area contributed by atoms with E-state index in [9.17, 15) is 0 Å². The van der Waals surface area contributed by atoms with Gasteiger partial charge in [0.15, 0.2) is 11.6 Å². The Kier molecular flexibility index (Phi) is 4.78. The van der Waals surface area contributed by atoms with Crippen LogP contribution < -0.4 is 9.80 Å². The number of anilines is 2. The first-order chi connectivity index (χ1) is 13.9. The molecule has 0 N–H and O–H groups in total. The number of aromatic nitrogens is 6. The SMILES string of the molecule is c1cnn(CCC2CCCCN2c2nc3nonc3nc2N2CCOCC2)c1. The summed E-state index contributed by atoms with van der Waals surface area (Å²) in [6.07, 6.45) is 8.37. The molecule has 5 rings (SSSR count). The zero-order chi connectivity index (χ0) is 18.8. The summed E-state index contributed by atoms with van der Waals surface area (Å²) in [4.78, 5) is 14.2. The molecule has 28 heavy (non-hydrogen) atoms. The van der Waals surface area contributed by atoms with Crippen molar-refractivity contribution in [1.82, 2.24) is 30.1 Å². The van der Waals surface area contributed by atoms with Crippen molar-refractivity contribution in [2.75, 3.05) is 42.6 Å². The van der Waals surface area contributed by atoms with Crippen LogP contribution in [-0.4, -0.2) is 69.0 Å². The van der Waals surface area contributed by atoms with Crippen molar-refractivity contribution in [2.45, 2.75) is 38.3 Å². The minimum absolute atomic E-state index is 0.393. The minimum atomic E-state index is 0.393. The minimum Gasteiger partial charge on any atom is -0.378 e. The number of morpholine rings is 1. The van der Waals surface area contributed by atoms with E-state index >= 15 is 0 Å². The summed E-state index contributed by atoms with van der Waals surface area (Å²) < 4.78 is 12.4. The van der Waals surface area contributed by atoms with Crippen molar-refractivity contribution in [1.29, 1.82) is 0 Å². The molecule has 2 saturated heterocycles. The second kappa shape index (κ2) is 7.70. The van der Waals surface area contributed by atoms with Gasteiger partial charge >= 0.3 is 0 Å². The first-order valence-corrected chi connectivity index (χ1v) is 9.95. The van der Waals surface area contributed by atoms with Gasteiger partial charge in [0, 0.05) is 44.6 Å². The van der Waals surface area contributed by atoms with Crippen LogP contribution in [0.4, 0.5) is 11.6 Å². The fraction of sp³-hybridized carbons (Fsp3) is 0.611. The van der Waals surface area contributed by atoms with E-state index in [2.05, 4.69) is 25.2 Å². The highest BCUT2D eigenvalue weighted by Crippen LogP contribution is 2.33. The number of ether oxygens (including phenoxy) is 1. The Hall–Kier alpha value is -2.75. The second-order valence-corrected chi connectivity index (χ2v) is 7.28. The van der Waals surface area contributed by atoms with Gasteiger partial charge in [-0.05, 0) is 42.1 Å². The summed E-state index contributed by atoms with van der Waals surface area (Å²) in [5, 5.41) is 12.2. The molecule has 0 saturated carbocycles. The summed E-state index contributed by atoms with van der Waals surface area (Å²) >= 11 is 0. The van der Waals surface area contributed by atoms with Gasteiger partial charge in [-0.25, -0.2) is 14.6 Å². The van der Waals surface area contributed by atoms with Crippen LogP contribution in [0.2, 0.25) is 0 Å². The van der Waals surface area contributed by atoms with Gasteiger partial charge in [0.05, 0.1) is 13.2 Å². The summed E-state index contributed by atoms with van der Waals surface area (Å²) in [5.74, 6) is 1.74. The Balaban J connectivity index is 1.47. The molecular formula is C18H24N8O2. The molecule has 0 aliphatic carbocycles. The predicted octanol–water partition coefficient (Wildman–Crippen LogP) is 1.50. The third kappa shape index (κ3) is 3.39. The van der Waals surface area contributed by atoms with E-state index in [-0.39, 0.29) is 0 Å². The van der Waals surface area contributed by atoms with E-state index in [1.807, 2.05) is 23.1 Å². The summed E-state index contributed by atoms with van der Waals surface area (Å²) in [5.41, 5.74) is 0.916. The normalized spacial score (nSPS) is 20.8. The standard InChI is InChI=1S/C18H24N8O2/c1-2-8-26(14(4-1)5-9-25-7-3-6-19-25)18-17(24-10-12-27-13-11-24)20-15-16(21-18)23-28-22-15/h3,6-7,14H,1-2,4-5,8-13H2. The lowest BCUT2D eigenvalue weighted by Crippen LogP contribution is -2.43.